The van der Waals surface area contributed by atoms with E-state index < -0.39 is 50.2 Å². The van der Waals surface area contributed by atoms with Crippen molar-refractivity contribution in [2.45, 2.75) is 74.8 Å². The molecule has 2 aromatic carbocycles. The molecule has 2 aliphatic rings. The molecule has 10 nitrogen and oxygen atoms in total. The van der Waals surface area contributed by atoms with Gasteiger partial charge in [-0.05, 0) is 58.7 Å². The van der Waals surface area contributed by atoms with Gasteiger partial charge in [-0.2, -0.15) is 0 Å². The van der Waals surface area contributed by atoms with Crippen molar-refractivity contribution in [2.75, 3.05) is 19.7 Å². The first-order valence-corrected chi connectivity index (χ1v) is 14.9. The maximum atomic E-state index is 14.4. The highest BCUT2D eigenvalue weighted by molar-refractivity contribution is 7.92. The van der Waals surface area contributed by atoms with Crippen molar-refractivity contribution in [1.29, 1.82) is 0 Å². The zero-order valence-electron chi connectivity index (χ0n) is 23.5. The number of sulfone groups is 1. The summed E-state index contributed by atoms with van der Waals surface area (Å²) in [5.74, 6) is -1.40. The summed E-state index contributed by atoms with van der Waals surface area (Å²) in [5, 5.41) is 4.32. The van der Waals surface area contributed by atoms with Crippen LogP contribution in [-0.4, -0.2) is 78.5 Å². The number of nitrogens with zero attached hydrogens (tertiary/aromatic N) is 2. The Bertz CT molecular complexity index is 1360. The van der Waals surface area contributed by atoms with Crippen molar-refractivity contribution in [3.8, 4) is 0 Å². The summed E-state index contributed by atoms with van der Waals surface area (Å²) in [6.45, 7) is 8.80. The van der Waals surface area contributed by atoms with E-state index in [-0.39, 0.29) is 37.4 Å². The Morgan fingerprint density at radius 2 is 1.73 bits per heavy atom. The van der Waals surface area contributed by atoms with E-state index in [4.69, 9.17) is 9.47 Å². The molecule has 2 aliphatic heterocycles. The fourth-order valence-electron chi connectivity index (χ4n) is 5.25. The molecule has 2 amide bonds. The van der Waals surface area contributed by atoms with Gasteiger partial charge >= 0.3 is 12.1 Å². The maximum absolute atomic E-state index is 14.4. The number of aryl methyl sites for hydroxylation is 1. The SMILES string of the molecule is CCOC(=O)C1C(S(=O)(=O)c2ccc(C)cc2)CN2CCC(Cc3ccccc3)(NC(=O)OC(C)(C)C)C(=O)N12. The first-order chi connectivity index (χ1) is 18.8. The Balaban J connectivity index is 1.76. The summed E-state index contributed by atoms with van der Waals surface area (Å²) < 4.78 is 38.5. The number of rotatable bonds is 7. The second-order valence-electron chi connectivity index (χ2n) is 11.3. The highest BCUT2D eigenvalue weighted by atomic mass is 32.2. The van der Waals surface area contributed by atoms with Gasteiger partial charge in [0.05, 0.1) is 11.5 Å². The molecular weight excluding hydrogens is 534 g/mol. The number of amides is 2. The Kier molecular flexibility index (Phi) is 8.28. The zero-order valence-corrected chi connectivity index (χ0v) is 24.4. The minimum atomic E-state index is -4.04. The van der Waals surface area contributed by atoms with Crippen molar-refractivity contribution >= 4 is 27.8 Å². The predicted octanol–water partition coefficient (Wildman–Crippen LogP) is 3.04. The van der Waals surface area contributed by atoms with Crippen LogP contribution >= 0.6 is 0 Å². The number of hydrogen-bond donors (Lipinski definition) is 1. The van der Waals surface area contributed by atoms with E-state index in [0.717, 1.165) is 11.1 Å². The third-order valence-electron chi connectivity index (χ3n) is 7.09. The molecule has 40 heavy (non-hydrogen) atoms. The molecule has 0 aromatic heterocycles. The molecule has 1 N–H and O–H groups in total. The molecule has 2 heterocycles. The van der Waals surface area contributed by atoms with E-state index in [9.17, 15) is 22.8 Å². The molecule has 0 spiro atoms. The molecule has 3 unspecified atom stereocenters. The quantitative estimate of drug-likeness (QED) is 0.504. The molecule has 2 saturated heterocycles. The minimum Gasteiger partial charge on any atom is -0.464 e. The van der Waals surface area contributed by atoms with Crippen molar-refractivity contribution in [2.24, 2.45) is 0 Å². The second kappa shape index (κ2) is 11.2. The van der Waals surface area contributed by atoms with Crippen molar-refractivity contribution in [3.05, 3.63) is 65.7 Å². The van der Waals surface area contributed by atoms with E-state index in [0.29, 0.717) is 0 Å². The number of alkyl carbamates (subject to hydrolysis) is 1. The highest BCUT2D eigenvalue weighted by Gasteiger charge is 2.60. The molecule has 0 aliphatic carbocycles. The van der Waals surface area contributed by atoms with Gasteiger partial charge in [0.1, 0.15) is 16.4 Å². The van der Waals surface area contributed by atoms with Gasteiger partial charge in [0.25, 0.3) is 5.91 Å². The van der Waals surface area contributed by atoms with Crippen molar-refractivity contribution in [1.82, 2.24) is 15.3 Å². The Morgan fingerprint density at radius 3 is 2.33 bits per heavy atom. The van der Waals surface area contributed by atoms with Crippen LogP contribution in [-0.2, 0) is 35.3 Å². The van der Waals surface area contributed by atoms with Crippen LogP contribution < -0.4 is 5.32 Å². The van der Waals surface area contributed by atoms with E-state index >= 15 is 0 Å². The normalized spacial score (nSPS) is 23.4. The Hall–Kier alpha value is -3.44. The average Bonchev–Trinajstić information content (AvgIpc) is 3.27. The largest absolute Gasteiger partial charge is 0.464 e. The fourth-order valence-corrected chi connectivity index (χ4v) is 7.05. The van der Waals surface area contributed by atoms with Crippen LogP contribution in [0.1, 0.15) is 45.2 Å². The van der Waals surface area contributed by atoms with E-state index in [1.54, 1.807) is 44.8 Å². The number of hydrazine groups is 1. The average molecular weight is 572 g/mol. The van der Waals surface area contributed by atoms with Crippen LogP contribution in [0.5, 0.6) is 0 Å². The van der Waals surface area contributed by atoms with Crippen LogP contribution in [0.4, 0.5) is 4.79 Å². The van der Waals surface area contributed by atoms with Crippen LogP contribution in [0.3, 0.4) is 0 Å². The molecule has 0 radical (unpaired) electrons. The summed E-state index contributed by atoms with van der Waals surface area (Å²) in [7, 11) is -4.04. The van der Waals surface area contributed by atoms with Gasteiger partial charge in [0.2, 0.25) is 0 Å². The van der Waals surface area contributed by atoms with Gasteiger partial charge in [0.15, 0.2) is 15.9 Å². The second-order valence-corrected chi connectivity index (χ2v) is 13.4. The molecule has 3 atom stereocenters. The highest BCUT2D eigenvalue weighted by Crippen LogP contribution is 2.37. The summed E-state index contributed by atoms with van der Waals surface area (Å²) in [6.07, 6.45) is -0.467. The number of carbonyl (C=O) groups excluding carboxylic acids is 3. The zero-order chi connectivity index (χ0) is 29.3. The van der Waals surface area contributed by atoms with E-state index in [2.05, 4.69) is 5.32 Å². The minimum absolute atomic E-state index is 0.0139. The lowest BCUT2D eigenvalue weighted by Crippen LogP contribution is -2.69. The third-order valence-corrected chi connectivity index (χ3v) is 9.22. The molecule has 11 heteroatoms. The molecule has 0 bridgehead atoms. The molecule has 216 valence electrons. The van der Waals surface area contributed by atoms with Crippen LogP contribution in [0.25, 0.3) is 0 Å². The lowest BCUT2D eigenvalue weighted by molar-refractivity contribution is -0.173. The van der Waals surface area contributed by atoms with Gasteiger partial charge in [-0.3, -0.25) is 9.80 Å². The lowest BCUT2D eigenvalue weighted by atomic mass is 9.84. The number of hydrogen-bond acceptors (Lipinski definition) is 8. The van der Waals surface area contributed by atoms with Crippen molar-refractivity contribution in [3.63, 3.8) is 0 Å². The van der Waals surface area contributed by atoms with E-state index in [1.807, 2.05) is 37.3 Å². The van der Waals surface area contributed by atoms with Crippen LogP contribution in [0, 0.1) is 6.92 Å². The van der Waals surface area contributed by atoms with Gasteiger partial charge in [0, 0.05) is 19.5 Å². The first kappa shape index (κ1) is 29.5. The Morgan fingerprint density at radius 1 is 1.07 bits per heavy atom. The van der Waals surface area contributed by atoms with Crippen molar-refractivity contribution < 1.29 is 32.3 Å². The predicted molar refractivity (Wildman–Crippen MR) is 148 cm³/mol. The number of fused-ring (bicyclic) bond motifs is 1. The van der Waals surface area contributed by atoms with Gasteiger partial charge in [-0.25, -0.2) is 23.0 Å². The lowest BCUT2D eigenvalue weighted by Gasteiger charge is -2.46. The maximum Gasteiger partial charge on any atom is 0.408 e. The Labute approximate surface area is 235 Å². The van der Waals surface area contributed by atoms with Gasteiger partial charge in [-0.1, -0.05) is 48.0 Å². The summed E-state index contributed by atoms with van der Waals surface area (Å²) in [4.78, 5) is 40.8. The van der Waals surface area contributed by atoms with Crippen LogP contribution in [0.2, 0.25) is 0 Å². The fraction of sp³-hybridized carbons (Fsp3) is 0.483. The summed E-state index contributed by atoms with van der Waals surface area (Å²) in [5.41, 5.74) is -0.609. The third kappa shape index (κ3) is 6.00. The summed E-state index contributed by atoms with van der Waals surface area (Å²) >= 11 is 0. The monoisotopic (exact) mass is 571 g/mol. The number of nitrogens with one attached hydrogen (secondary N) is 1. The van der Waals surface area contributed by atoms with Gasteiger partial charge in [-0.15, -0.1) is 0 Å². The molecular formula is C29H37N3O7S. The number of ether oxygens (including phenoxy) is 2. The molecule has 0 saturated carbocycles. The number of esters is 1. The first-order valence-electron chi connectivity index (χ1n) is 13.4. The van der Waals surface area contributed by atoms with E-state index in [1.165, 1.54) is 17.1 Å². The smallest absolute Gasteiger partial charge is 0.408 e. The topological polar surface area (TPSA) is 122 Å². The standard InChI is InChI=1S/C29H37N3O7S/c1-6-38-25(33)24-23(40(36,37)22-14-12-20(2)13-15-22)19-31-17-16-29(26(34)32(24)31,18-21-10-8-7-9-11-21)30-27(35)39-28(3,4)5/h7-15,23-24H,6,16-19H2,1-5H3,(H,30,35). The summed E-state index contributed by atoms with van der Waals surface area (Å²) in [6, 6.07) is 14.2. The number of carbonyl (C=O) groups is 3. The number of benzene rings is 2. The van der Waals surface area contributed by atoms with Gasteiger partial charge < -0.3 is 14.8 Å². The molecule has 2 aromatic rings. The van der Waals surface area contributed by atoms with Crippen LogP contribution in [0.15, 0.2) is 59.5 Å². The molecule has 4 rings (SSSR count). The molecule has 2 fully saturated rings.